The van der Waals surface area contributed by atoms with Gasteiger partial charge in [-0.25, -0.2) is 0 Å². The molecule has 2 atom stereocenters. The molecular formula is C11H14ClNO2S. The zero-order valence-corrected chi connectivity index (χ0v) is 10.6. The molecule has 3 nitrogen and oxygen atoms in total. The highest BCUT2D eigenvalue weighted by atomic mass is 35.5. The Morgan fingerprint density at radius 3 is 3.12 bits per heavy atom. The van der Waals surface area contributed by atoms with Crippen LogP contribution in [0.25, 0.3) is 0 Å². The van der Waals surface area contributed by atoms with Crippen molar-refractivity contribution in [3.8, 4) is 0 Å². The fourth-order valence-electron chi connectivity index (χ4n) is 1.87. The highest BCUT2D eigenvalue weighted by Gasteiger charge is 2.28. The molecule has 0 bridgehead atoms. The first-order valence-electron chi connectivity index (χ1n) is 5.23. The van der Waals surface area contributed by atoms with Gasteiger partial charge in [-0.05, 0) is 18.4 Å². The van der Waals surface area contributed by atoms with E-state index >= 15 is 0 Å². The topological polar surface area (TPSA) is 29.5 Å². The van der Waals surface area contributed by atoms with Gasteiger partial charge in [-0.15, -0.1) is 11.6 Å². The Bertz CT molecular complexity index is 355. The summed E-state index contributed by atoms with van der Waals surface area (Å²) in [4.78, 5) is 13.9. The summed E-state index contributed by atoms with van der Waals surface area (Å²) in [6.07, 6.45) is 0.00749. The molecule has 16 heavy (non-hydrogen) atoms. The van der Waals surface area contributed by atoms with Gasteiger partial charge in [-0.2, -0.15) is 11.3 Å². The van der Waals surface area contributed by atoms with Crippen molar-refractivity contribution in [1.29, 1.82) is 0 Å². The van der Waals surface area contributed by atoms with Gasteiger partial charge in [0.25, 0.3) is 5.91 Å². The molecule has 1 aromatic heterocycles. The number of hydrogen-bond acceptors (Lipinski definition) is 3. The van der Waals surface area contributed by atoms with Gasteiger partial charge in [0, 0.05) is 18.5 Å². The van der Waals surface area contributed by atoms with Crippen LogP contribution in [0.5, 0.6) is 0 Å². The molecule has 1 aliphatic heterocycles. The number of rotatable bonds is 2. The van der Waals surface area contributed by atoms with Gasteiger partial charge in [0.15, 0.2) is 0 Å². The second-order valence-electron chi connectivity index (χ2n) is 3.95. The Labute approximate surface area is 104 Å². The van der Waals surface area contributed by atoms with Crippen LogP contribution in [0.15, 0.2) is 16.8 Å². The van der Waals surface area contributed by atoms with Crippen LogP contribution in [0.3, 0.4) is 0 Å². The number of morpholine rings is 1. The molecule has 2 heterocycles. The summed E-state index contributed by atoms with van der Waals surface area (Å²) in [6, 6.07) is 1.85. The summed E-state index contributed by atoms with van der Waals surface area (Å²) in [5, 5.41) is 3.79. The van der Waals surface area contributed by atoms with Gasteiger partial charge in [-0.1, -0.05) is 0 Å². The minimum Gasteiger partial charge on any atom is -0.370 e. The number of hydrogen-bond donors (Lipinski definition) is 0. The molecule has 1 aliphatic rings. The maximum atomic E-state index is 12.1. The molecule has 0 saturated carbocycles. The third-order valence-electron chi connectivity index (χ3n) is 2.55. The van der Waals surface area contributed by atoms with Gasteiger partial charge < -0.3 is 9.64 Å². The van der Waals surface area contributed by atoms with Gasteiger partial charge in [-0.3, -0.25) is 4.79 Å². The highest BCUT2D eigenvalue weighted by Crippen LogP contribution is 2.16. The molecule has 2 unspecified atom stereocenters. The van der Waals surface area contributed by atoms with E-state index in [1.54, 1.807) is 0 Å². The van der Waals surface area contributed by atoms with Crippen molar-refractivity contribution in [1.82, 2.24) is 4.90 Å². The number of halogens is 1. The standard InChI is InChI=1S/C11H14ClNO2S/c1-8-5-13(6-10(4-12)15-8)11(14)9-2-3-16-7-9/h2-3,7-8,10H,4-6H2,1H3. The molecule has 1 fully saturated rings. The first kappa shape index (κ1) is 11.9. The predicted molar refractivity (Wildman–Crippen MR) is 65.3 cm³/mol. The lowest BCUT2D eigenvalue weighted by molar-refractivity contribution is -0.0570. The zero-order chi connectivity index (χ0) is 11.5. The van der Waals surface area contributed by atoms with E-state index in [9.17, 15) is 4.79 Å². The Balaban J connectivity index is 2.06. The Kier molecular flexibility index (Phi) is 3.84. The van der Waals surface area contributed by atoms with Crippen molar-refractivity contribution >= 4 is 28.8 Å². The van der Waals surface area contributed by atoms with E-state index in [0.29, 0.717) is 19.0 Å². The van der Waals surface area contributed by atoms with Crippen LogP contribution < -0.4 is 0 Å². The summed E-state index contributed by atoms with van der Waals surface area (Å²) in [5.41, 5.74) is 0.757. The minimum atomic E-state index is -0.0481. The molecule has 0 radical (unpaired) electrons. The lowest BCUT2D eigenvalue weighted by atomic mass is 10.2. The minimum absolute atomic E-state index is 0.0481. The largest absolute Gasteiger partial charge is 0.370 e. The van der Waals surface area contributed by atoms with Crippen molar-refractivity contribution < 1.29 is 9.53 Å². The van der Waals surface area contributed by atoms with E-state index in [1.807, 2.05) is 28.7 Å². The van der Waals surface area contributed by atoms with Crippen molar-refractivity contribution in [3.63, 3.8) is 0 Å². The van der Waals surface area contributed by atoms with E-state index in [4.69, 9.17) is 16.3 Å². The fraction of sp³-hybridized carbons (Fsp3) is 0.545. The second-order valence-corrected chi connectivity index (χ2v) is 5.03. The molecule has 0 spiro atoms. The first-order chi connectivity index (χ1) is 7.70. The monoisotopic (exact) mass is 259 g/mol. The van der Waals surface area contributed by atoms with Crippen molar-refractivity contribution in [2.45, 2.75) is 19.1 Å². The smallest absolute Gasteiger partial charge is 0.254 e. The maximum Gasteiger partial charge on any atom is 0.254 e. The molecule has 1 saturated heterocycles. The average molecular weight is 260 g/mol. The van der Waals surface area contributed by atoms with Crippen molar-refractivity contribution in [2.75, 3.05) is 19.0 Å². The van der Waals surface area contributed by atoms with Crippen LogP contribution >= 0.6 is 22.9 Å². The normalized spacial score (nSPS) is 25.8. The quantitative estimate of drug-likeness (QED) is 0.763. The highest BCUT2D eigenvalue weighted by molar-refractivity contribution is 7.08. The van der Waals surface area contributed by atoms with Crippen molar-refractivity contribution in [3.05, 3.63) is 22.4 Å². The predicted octanol–water partition coefficient (Wildman–Crippen LogP) is 2.22. The third kappa shape index (κ3) is 2.56. The van der Waals surface area contributed by atoms with Gasteiger partial charge in [0.05, 0.1) is 23.7 Å². The van der Waals surface area contributed by atoms with Crippen molar-refractivity contribution in [2.24, 2.45) is 0 Å². The summed E-state index contributed by atoms with van der Waals surface area (Å²) < 4.78 is 5.61. The fourth-order valence-corrected chi connectivity index (χ4v) is 2.67. The summed E-state index contributed by atoms with van der Waals surface area (Å²) in [5.74, 6) is 0.504. The maximum absolute atomic E-state index is 12.1. The third-order valence-corrected chi connectivity index (χ3v) is 3.58. The van der Waals surface area contributed by atoms with E-state index in [2.05, 4.69) is 0 Å². The number of amides is 1. The van der Waals surface area contributed by atoms with Crippen LogP contribution in [0.1, 0.15) is 17.3 Å². The lowest BCUT2D eigenvalue weighted by Gasteiger charge is -2.35. The molecule has 2 rings (SSSR count). The van der Waals surface area contributed by atoms with Gasteiger partial charge in [0.1, 0.15) is 0 Å². The first-order valence-corrected chi connectivity index (χ1v) is 6.71. The molecule has 88 valence electrons. The molecule has 0 N–H and O–H groups in total. The van der Waals surface area contributed by atoms with Crippen LogP contribution in [-0.4, -0.2) is 42.0 Å². The van der Waals surface area contributed by atoms with Crippen LogP contribution in [0, 0.1) is 0 Å². The zero-order valence-electron chi connectivity index (χ0n) is 9.06. The molecule has 1 amide bonds. The molecule has 0 aliphatic carbocycles. The van der Waals surface area contributed by atoms with E-state index in [0.717, 1.165) is 5.56 Å². The van der Waals surface area contributed by atoms with Crippen LogP contribution in [-0.2, 0) is 4.74 Å². The number of alkyl halides is 1. The number of carbonyl (C=O) groups excluding carboxylic acids is 1. The summed E-state index contributed by atoms with van der Waals surface area (Å²) in [6.45, 7) is 3.19. The molecule has 1 aromatic rings. The lowest BCUT2D eigenvalue weighted by Crippen LogP contribution is -2.49. The molecular weight excluding hydrogens is 246 g/mol. The Morgan fingerprint density at radius 2 is 2.50 bits per heavy atom. The molecule has 0 aromatic carbocycles. The summed E-state index contributed by atoms with van der Waals surface area (Å²) in [7, 11) is 0. The van der Waals surface area contributed by atoms with E-state index in [-0.39, 0.29) is 18.1 Å². The van der Waals surface area contributed by atoms with Crippen LogP contribution in [0.2, 0.25) is 0 Å². The number of thiophene rings is 1. The van der Waals surface area contributed by atoms with E-state index in [1.165, 1.54) is 11.3 Å². The number of carbonyl (C=O) groups is 1. The van der Waals surface area contributed by atoms with Gasteiger partial charge >= 0.3 is 0 Å². The Morgan fingerprint density at radius 1 is 1.69 bits per heavy atom. The summed E-state index contributed by atoms with van der Waals surface area (Å²) >= 11 is 7.31. The number of nitrogens with zero attached hydrogens (tertiary/aromatic N) is 1. The van der Waals surface area contributed by atoms with Crippen LogP contribution in [0.4, 0.5) is 0 Å². The SMILES string of the molecule is CC1CN(C(=O)c2ccsc2)CC(CCl)O1. The Hall–Kier alpha value is -0.580. The second kappa shape index (κ2) is 5.17. The molecule has 5 heteroatoms. The number of ether oxygens (including phenoxy) is 1. The van der Waals surface area contributed by atoms with Gasteiger partial charge in [0.2, 0.25) is 0 Å². The van der Waals surface area contributed by atoms with E-state index < -0.39 is 0 Å². The average Bonchev–Trinajstić information content (AvgIpc) is 2.80.